The normalized spacial score (nSPS) is 10.9. The Morgan fingerprint density at radius 1 is 1.33 bits per heavy atom. The Kier molecular flexibility index (Phi) is 4.08. The number of hydrogen-bond acceptors (Lipinski definition) is 5. The average Bonchev–Trinajstić information content (AvgIpc) is 2.44. The minimum atomic E-state index is -1.47. The number of fused-ring (bicyclic) bond motifs is 1. The molecule has 0 aliphatic carbocycles. The molecule has 8 nitrogen and oxygen atoms in total. The molecule has 21 heavy (non-hydrogen) atoms. The van der Waals surface area contributed by atoms with Gasteiger partial charge in [0.25, 0.3) is 5.56 Å². The molecule has 0 bridgehead atoms. The number of carbonyl (C=O) groups is 1. The molecule has 0 aromatic carbocycles. The van der Waals surface area contributed by atoms with E-state index in [-0.39, 0.29) is 12.1 Å². The Balaban J connectivity index is 2.63. The average molecular weight is 294 g/mol. The molecule has 0 radical (unpaired) electrons. The number of aromatic nitrogens is 2. The van der Waals surface area contributed by atoms with Crippen molar-refractivity contribution in [2.75, 3.05) is 13.2 Å². The van der Waals surface area contributed by atoms with E-state index in [9.17, 15) is 19.5 Å². The fraction of sp³-hybridized carbons (Fsp3) is 0.308. The van der Waals surface area contributed by atoms with Gasteiger partial charge in [-0.3, -0.25) is 9.59 Å². The van der Waals surface area contributed by atoms with Crippen LogP contribution in [0, 0.1) is 0 Å². The monoisotopic (exact) mass is 294 g/mol. The van der Waals surface area contributed by atoms with Crippen LogP contribution in [0.1, 0.15) is 17.3 Å². The van der Waals surface area contributed by atoms with Crippen molar-refractivity contribution in [1.82, 2.24) is 8.97 Å². The van der Waals surface area contributed by atoms with Gasteiger partial charge in [0, 0.05) is 31.7 Å². The lowest BCUT2D eigenvalue weighted by Crippen LogP contribution is -2.27. The van der Waals surface area contributed by atoms with Gasteiger partial charge in [0.2, 0.25) is 5.43 Å². The summed E-state index contributed by atoms with van der Waals surface area (Å²) in [6, 6.07) is 0. The van der Waals surface area contributed by atoms with Crippen molar-refractivity contribution >= 4 is 11.5 Å². The first kappa shape index (κ1) is 14.8. The minimum absolute atomic E-state index is 0.260. The van der Waals surface area contributed by atoms with Crippen LogP contribution >= 0.6 is 0 Å². The van der Waals surface area contributed by atoms with Crippen LogP contribution in [0.25, 0.3) is 5.52 Å². The molecular formula is C13H14N2O6. The molecule has 2 heterocycles. The summed E-state index contributed by atoms with van der Waals surface area (Å²) in [5, 5.41) is 18.7. The maximum absolute atomic E-state index is 12.2. The zero-order chi connectivity index (χ0) is 15.6. The number of ether oxygens (including phenoxy) is 1. The minimum Gasteiger partial charge on any atom is -0.503 e. The Labute approximate surface area is 118 Å². The first-order chi connectivity index (χ1) is 9.97. The van der Waals surface area contributed by atoms with Gasteiger partial charge in [0.1, 0.15) is 5.56 Å². The molecule has 0 aliphatic heterocycles. The van der Waals surface area contributed by atoms with Crippen molar-refractivity contribution in [3.8, 4) is 5.75 Å². The highest BCUT2D eigenvalue weighted by atomic mass is 16.5. The van der Waals surface area contributed by atoms with Gasteiger partial charge in [-0.25, -0.2) is 4.79 Å². The summed E-state index contributed by atoms with van der Waals surface area (Å²) >= 11 is 0. The number of aromatic carboxylic acids is 1. The molecule has 2 aromatic rings. The van der Waals surface area contributed by atoms with Crippen LogP contribution in [0.5, 0.6) is 5.75 Å². The smallest absolute Gasteiger partial charge is 0.341 e. The van der Waals surface area contributed by atoms with E-state index in [4.69, 9.17) is 9.84 Å². The summed E-state index contributed by atoms with van der Waals surface area (Å²) in [6.45, 7) is 2.90. The predicted molar refractivity (Wildman–Crippen MR) is 73.0 cm³/mol. The van der Waals surface area contributed by atoms with Crippen molar-refractivity contribution < 1.29 is 19.7 Å². The van der Waals surface area contributed by atoms with Crippen LogP contribution in [0.15, 0.2) is 28.2 Å². The Bertz CT molecular complexity index is 805. The van der Waals surface area contributed by atoms with Crippen LogP contribution in [0.2, 0.25) is 0 Å². The number of nitrogens with zero attached hydrogens (tertiary/aromatic N) is 2. The molecule has 0 atom stereocenters. The standard InChI is InChI=1S/C13H14N2O6/c1-2-21-6-5-14-3-4-15-7-8(13(19)20)10(16)11(17)9(15)12(14)18/h3-4,7,17H,2,5-6H2,1H3,(H,19,20). The predicted octanol–water partition coefficient (Wildman–Crippen LogP) is -0.0985. The van der Waals surface area contributed by atoms with Crippen molar-refractivity contribution in [2.24, 2.45) is 0 Å². The lowest BCUT2D eigenvalue weighted by atomic mass is 10.2. The summed E-state index contributed by atoms with van der Waals surface area (Å²) in [5.74, 6) is -2.34. The number of aromatic hydroxyl groups is 1. The molecule has 2 rings (SSSR count). The van der Waals surface area contributed by atoms with Crippen molar-refractivity contribution in [3.63, 3.8) is 0 Å². The Hall–Kier alpha value is -2.61. The Morgan fingerprint density at radius 2 is 2.05 bits per heavy atom. The summed E-state index contributed by atoms with van der Waals surface area (Å²) in [6.07, 6.45) is 3.84. The van der Waals surface area contributed by atoms with E-state index in [0.29, 0.717) is 13.2 Å². The molecule has 2 aromatic heterocycles. The van der Waals surface area contributed by atoms with E-state index in [2.05, 4.69) is 0 Å². The largest absolute Gasteiger partial charge is 0.503 e. The van der Waals surface area contributed by atoms with E-state index in [1.54, 1.807) is 0 Å². The third-order valence-corrected chi connectivity index (χ3v) is 2.99. The zero-order valence-corrected chi connectivity index (χ0v) is 11.3. The van der Waals surface area contributed by atoms with Crippen molar-refractivity contribution in [1.29, 1.82) is 0 Å². The summed E-state index contributed by atoms with van der Waals surface area (Å²) in [7, 11) is 0. The lowest BCUT2D eigenvalue weighted by molar-refractivity contribution is 0.0694. The highest BCUT2D eigenvalue weighted by Crippen LogP contribution is 2.10. The first-order valence-electron chi connectivity index (χ1n) is 6.25. The van der Waals surface area contributed by atoms with E-state index < -0.39 is 28.3 Å². The van der Waals surface area contributed by atoms with E-state index in [1.165, 1.54) is 17.0 Å². The molecule has 0 fully saturated rings. The molecule has 0 spiro atoms. The number of carboxylic acids is 1. The molecule has 0 saturated heterocycles. The molecule has 0 aliphatic rings. The fourth-order valence-electron chi connectivity index (χ4n) is 1.94. The number of hydrogen-bond donors (Lipinski definition) is 2. The highest BCUT2D eigenvalue weighted by molar-refractivity contribution is 5.88. The zero-order valence-electron chi connectivity index (χ0n) is 11.3. The number of rotatable bonds is 5. The lowest BCUT2D eigenvalue weighted by Gasteiger charge is -2.09. The van der Waals surface area contributed by atoms with Gasteiger partial charge in [-0.05, 0) is 6.92 Å². The van der Waals surface area contributed by atoms with Gasteiger partial charge < -0.3 is 23.9 Å². The summed E-state index contributed by atoms with van der Waals surface area (Å²) in [4.78, 5) is 34.9. The van der Waals surface area contributed by atoms with Gasteiger partial charge in [0.05, 0.1) is 6.61 Å². The molecule has 0 saturated carbocycles. The number of carboxylic acid groups (broad SMARTS) is 1. The fourth-order valence-corrected chi connectivity index (χ4v) is 1.94. The molecular weight excluding hydrogens is 280 g/mol. The quantitative estimate of drug-likeness (QED) is 0.745. The van der Waals surface area contributed by atoms with E-state index in [1.807, 2.05) is 6.92 Å². The second-order valence-electron chi connectivity index (χ2n) is 4.28. The molecule has 0 amide bonds. The molecule has 2 N–H and O–H groups in total. The van der Waals surface area contributed by atoms with Gasteiger partial charge in [-0.15, -0.1) is 0 Å². The second kappa shape index (κ2) is 5.80. The van der Waals surface area contributed by atoms with Crippen molar-refractivity contribution in [2.45, 2.75) is 13.5 Å². The van der Waals surface area contributed by atoms with Gasteiger partial charge >= 0.3 is 5.97 Å². The van der Waals surface area contributed by atoms with Crippen LogP contribution in [0.3, 0.4) is 0 Å². The second-order valence-corrected chi connectivity index (χ2v) is 4.28. The highest BCUT2D eigenvalue weighted by Gasteiger charge is 2.18. The number of pyridine rings is 1. The third-order valence-electron chi connectivity index (χ3n) is 2.99. The third kappa shape index (κ3) is 2.65. The molecule has 0 unspecified atom stereocenters. The van der Waals surface area contributed by atoms with Crippen LogP contribution in [-0.2, 0) is 11.3 Å². The van der Waals surface area contributed by atoms with Gasteiger partial charge in [0.15, 0.2) is 11.3 Å². The SMILES string of the molecule is CCOCCn1ccn2cc(C(=O)O)c(=O)c(O)c2c1=O. The van der Waals surface area contributed by atoms with Crippen LogP contribution in [0.4, 0.5) is 0 Å². The maximum atomic E-state index is 12.2. The topological polar surface area (TPSA) is 110 Å². The van der Waals surface area contributed by atoms with Crippen LogP contribution < -0.4 is 11.0 Å². The first-order valence-corrected chi connectivity index (χ1v) is 6.25. The van der Waals surface area contributed by atoms with Gasteiger partial charge in [-0.1, -0.05) is 0 Å². The van der Waals surface area contributed by atoms with E-state index in [0.717, 1.165) is 10.6 Å². The van der Waals surface area contributed by atoms with Gasteiger partial charge in [-0.2, -0.15) is 0 Å². The summed E-state index contributed by atoms with van der Waals surface area (Å²) in [5.41, 5.74) is -2.54. The Morgan fingerprint density at radius 3 is 2.67 bits per heavy atom. The van der Waals surface area contributed by atoms with E-state index >= 15 is 0 Å². The van der Waals surface area contributed by atoms with Crippen LogP contribution in [-0.4, -0.2) is 38.4 Å². The molecule has 112 valence electrons. The molecule has 8 heteroatoms. The summed E-state index contributed by atoms with van der Waals surface area (Å²) < 4.78 is 7.55. The maximum Gasteiger partial charge on any atom is 0.341 e. The van der Waals surface area contributed by atoms with Crippen molar-refractivity contribution in [3.05, 3.63) is 44.7 Å².